The molecule has 1 unspecified atom stereocenters. The fourth-order valence-electron chi connectivity index (χ4n) is 7.10. The molecule has 2 amide bonds. The number of unbranched alkanes of at least 4 members (excludes halogenated alkanes) is 1. The van der Waals surface area contributed by atoms with E-state index in [9.17, 15) is 45.0 Å². The van der Waals surface area contributed by atoms with Gasteiger partial charge in [0.1, 0.15) is 11.5 Å². The van der Waals surface area contributed by atoms with Gasteiger partial charge in [0.2, 0.25) is 11.8 Å². The van der Waals surface area contributed by atoms with Crippen molar-refractivity contribution in [1.29, 1.82) is 0 Å². The monoisotopic (exact) mass is 917 g/mol. The summed E-state index contributed by atoms with van der Waals surface area (Å²) >= 11 is 1.36. The molecule has 4 N–H and O–H groups in total. The van der Waals surface area contributed by atoms with Crippen molar-refractivity contribution in [2.24, 2.45) is 5.41 Å². The van der Waals surface area contributed by atoms with Gasteiger partial charge in [-0.15, -0.1) is 11.8 Å². The van der Waals surface area contributed by atoms with Crippen molar-refractivity contribution < 1.29 is 54.8 Å². The van der Waals surface area contributed by atoms with Crippen LogP contribution in [0, 0.1) is 5.41 Å². The predicted octanol–water partition coefficient (Wildman–Crippen LogP) is 6.46. The number of sulfone groups is 1. The zero-order chi connectivity index (χ0) is 45.1. The van der Waals surface area contributed by atoms with E-state index in [1.165, 1.54) is 23.9 Å². The lowest BCUT2D eigenvalue weighted by Crippen LogP contribution is -2.47. The topological polar surface area (TPSA) is 188 Å². The van der Waals surface area contributed by atoms with E-state index in [1.54, 1.807) is 0 Å². The van der Waals surface area contributed by atoms with E-state index in [0.29, 0.717) is 63.9 Å². The van der Waals surface area contributed by atoms with Crippen molar-refractivity contribution in [3.8, 4) is 0 Å². The minimum absolute atomic E-state index is 0.0130. The van der Waals surface area contributed by atoms with Crippen LogP contribution < -0.4 is 16.0 Å². The van der Waals surface area contributed by atoms with Crippen LogP contribution in [0.4, 0.5) is 18.9 Å². The van der Waals surface area contributed by atoms with Crippen molar-refractivity contribution in [2.45, 2.75) is 136 Å². The molecule has 1 heterocycles. The van der Waals surface area contributed by atoms with Gasteiger partial charge >= 0.3 is 23.1 Å². The molecule has 1 fully saturated rings. The number of ether oxygens (including phenoxy) is 1. The van der Waals surface area contributed by atoms with E-state index in [4.69, 9.17) is 9.84 Å². The molecule has 2 aromatic rings. The summed E-state index contributed by atoms with van der Waals surface area (Å²) in [6.07, 6.45) is 5.04. The molecular weight excluding hydrogens is 858 g/mol. The number of ketones is 1. The summed E-state index contributed by atoms with van der Waals surface area (Å²) in [4.78, 5) is 52.7. The van der Waals surface area contributed by atoms with Crippen LogP contribution in [-0.2, 0) is 49.6 Å². The Morgan fingerprint density at radius 3 is 2.38 bits per heavy atom. The fourth-order valence-corrected chi connectivity index (χ4v) is 9.37. The molecule has 0 saturated carbocycles. The van der Waals surface area contributed by atoms with Crippen LogP contribution in [0.1, 0.15) is 97.8 Å². The Morgan fingerprint density at radius 2 is 1.72 bits per heavy atom. The summed E-state index contributed by atoms with van der Waals surface area (Å²) in [6, 6.07) is 11.3. The van der Waals surface area contributed by atoms with E-state index in [-0.39, 0.29) is 84.8 Å². The highest BCUT2D eigenvalue weighted by atomic mass is 32.2. The number of nitrogens with one attached hydrogen (secondary N) is 3. The highest BCUT2D eigenvalue weighted by molar-refractivity contribution is 7.99. The third-order valence-corrected chi connectivity index (χ3v) is 14.2. The Labute approximate surface area is 365 Å². The zero-order valence-electron chi connectivity index (χ0n) is 35.1. The maximum atomic E-state index is 13.7. The number of hydrogen-bond donors (Lipinski definition) is 4. The quantitative estimate of drug-likeness (QED) is 0.0317. The number of hydrogen-bond acceptors (Lipinski definition) is 12. The lowest BCUT2D eigenvalue weighted by molar-refractivity contribution is -0.144. The number of likely N-dealkylation sites (tertiary alicyclic amines) is 1. The van der Waals surface area contributed by atoms with Gasteiger partial charge in [0.25, 0.3) is 14.7 Å². The summed E-state index contributed by atoms with van der Waals surface area (Å²) in [5, 5.41) is 17.5. The maximum absolute atomic E-state index is 13.7. The van der Waals surface area contributed by atoms with E-state index >= 15 is 0 Å². The summed E-state index contributed by atoms with van der Waals surface area (Å²) in [7, 11) is -5.78. The third-order valence-electron chi connectivity index (χ3n) is 11.1. The molecule has 0 aliphatic carbocycles. The van der Waals surface area contributed by atoms with Gasteiger partial charge in [-0.05, 0) is 82.5 Å². The Hall–Kier alpha value is -3.65. The minimum Gasteiger partial charge on any atom is -0.464 e. The number of anilines is 1. The lowest BCUT2D eigenvalue weighted by Gasteiger charge is -2.30. The van der Waals surface area contributed by atoms with Gasteiger partial charge in [-0.25, -0.2) is 8.42 Å². The fraction of sp³-hybridized carbons (Fsp3) is 0.619. The van der Waals surface area contributed by atoms with Gasteiger partial charge < -0.3 is 25.8 Å². The molecule has 19 heteroatoms. The van der Waals surface area contributed by atoms with Crippen LogP contribution >= 0.6 is 11.8 Å². The van der Waals surface area contributed by atoms with Gasteiger partial charge in [0, 0.05) is 76.8 Å². The second kappa shape index (κ2) is 25.5. The number of halogens is 3. The van der Waals surface area contributed by atoms with Gasteiger partial charge in [-0.2, -0.15) is 13.2 Å². The molecule has 61 heavy (non-hydrogen) atoms. The number of esters is 1. The summed E-state index contributed by atoms with van der Waals surface area (Å²) in [6.45, 7) is 7.05. The number of rotatable bonds is 28. The molecule has 0 bridgehead atoms. The molecule has 1 aliphatic heterocycles. The van der Waals surface area contributed by atoms with Crippen LogP contribution in [0.2, 0.25) is 0 Å². The van der Waals surface area contributed by atoms with Crippen LogP contribution in [-0.4, -0.2) is 104 Å². The number of carbonyl (C=O) groups excluding carboxylic acids is 4. The van der Waals surface area contributed by atoms with Crippen molar-refractivity contribution in [3.63, 3.8) is 0 Å². The van der Waals surface area contributed by atoms with Crippen LogP contribution in [0.15, 0.2) is 63.2 Å². The van der Waals surface area contributed by atoms with Crippen molar-refractivity contribution >= 4 is 62.5 Å². The SMILES string of the molecule is CCC(C)(CC)C(=O)C(CCCCNC(=O)CCO)NC(=O)CCCC(=O)OCCN1CCC[C@H]1C[C@H](CSc1ccccc1)Nc1ccc([S+]=O)cc1S(=O)(=O)C(F)(F)F. The first-order valence-corrected chi connectivity index (χ1v) is 24.0. The predicted molar refractivity (Wildman–Crippen MR) is 229 cm³/mol. The normalized spacial score (nSPS) is 15.8. The number of benzene rings is 2. The molecule has 0 radical (unpaired) electrons. The largest absolute Gasteiger partial charge is 0.505 e. The zero-order valence-corrected chi connectivity index (χ0v) is 37.5. The first-order chi connectivity index (χ1) is 29.0. The van der Waals surface area contributed by atoms with Crippen molar-refractivity contribution in [3.05, 3.63) is 48.5 Å². The minimum atomic E-state index is -5.78. The van der Waals surface area contributed by atoms with Gasteiger partial charge in [-0.3, -0.25) is 24.1 Å². The Morgan fingerprint density at radius 1 is 1.00 bits per heavy atom. The Balaban J connectivity index is 1.56. The summed E-state index contributed by atoms with van der Waals surface area (Å²) < 4.78 is 83.3. The number of thioether (sulfide) groups is 1. The number of aliphatic hydroxyl groups is 1. The average molecular weight is 918 g/mol. The van der Waals surface area contributed by atoms with Crippen molar-refractivity contribution in [1.82, 2.24) is 15.5 Å². The van der Waals surface area contributed by atoms with E-state index < -0.39 is 43.7 Å². The molecule has 1 saturated heterocycles. The highest BCUT2D eigenvalue weighted by Gasteiger charge is 2.49. The maximum Gasteiger partial charge on any atom is 0.505 e. The summed E-state index contributed by atoms with van der Waals surface area (Å²) in [5.74, 6) is -0.764. The smallest absolute Gasteiger partial charge is 0.464 e. The number of amides is 2. The van der Waals surface area contributed by atoms with Gasteiger partial charge in [-0.1, -0.05) is 39.0 Å². The molecule has 3 atom stereocenters. The van der Waals surface area contributed by atoms with E-state index in [1.807, 2.05) is 51.1 Å². The first-order valence-electron chi connectivity index (χ1n) is 20.8. The lowest BCUT2D eigenvalue weighted by atomic mass is 9.76. The molecule has 0 aromatic heterocycles. The molecule has 340 valence electrons. The molecular formula is C42H60F3N4O9S3+. The summed E-state index contributed by atoms with van der Waals surface area (Å²) in [5.41, 5.74) is -6.44. The molecule has 1 aliphatic rings. The van der Waals surface area contributed by atoms with Crippen LogP contribution in [0.5, 0.6) is 0 Å². The molecule has 0 spiro atoms. The van der Waals surface area contributed by atoms with Crippen LogP contribution in [0.25, 0.3) is 0 Å². The number of carbonyl (C=O) groups is 4. The third kappa shape index (κ3) is 16.5. The van der Waals surface area contributed by atoms with E-state index in [2.05, 4.69) is 20.9 Å². The molecule has 13 nitrogen and oxygen atoms in total. The van der Waals surface area contributed by atoms with Crippen LogP contribution in [0.3, 0.4) is 0 Å². The average Bonchev–Trinajstić information content (AvgIpc) is 3.68. The second-order valence-electron chi connectivity index (χ2n) is 15.4. The number of Topliss-reactive ketones (excluding diaryl/α,β-unsaturated/α-hetero) is 1. The Bertz CT molecular complexity index is 1850. The van der Waals surface area contributed by atoms with Gasteiger partial charge in [0.05, 0.1) is 18.3 Å². The van der Waals surface area contributed by atoms with Crippen molar-refractivity contribution in [2.75, 3.05) is 43.9 Å². The second-order valence-corrected chi connectivity index (χ2v) is 19.0. The number of aliphatic hydroxyl groups excluding tert-OH is 1. The number of alkyl halides is 3. The standard InChI is InChI=1S/C42H59F3N4O9S3/c1-4-41(3,5-2)40(54)35(16-9-10-22-46-37(51)21-25-50)48-38(52)17-11-18-39(53)58-26-24-49-23-12-13-31(49)27-30(29-59-32-14-7-6-8-15-32)47-34-20-19-33(60-55)28-36(34)61(56,57)42(43,44)45/h6-8,14-15,19-20,28,30-31,35,50H,4-5,9-13,16-18,21-27,29H2,1-3H3,(H2-,46,47,48,51,52,55)/p+1/t30-,31+,35?/m1/s1. The molecule has 3 rings (SSSR count). The van der Waals surface area contributed by atoms with E-state index in [0.717, 1.165) is 23.8 Å². The Kier molecular flexibility index (Phi) is 21.6. The molecule has 2 aromatic carbocycles. The van der Waals surface area contributed by atoms with Gasteiger partial charge in [0.15, 0.2) is 5.78 Å². The first kappa shape index (κ1) is 51.7. The highest BCUT2D eigenvalue weighted by Crippen LogP contribution is 2.37. The number of nitrogens with zero attached hydrogens (tertiary/aromatic N) is 1.